The summed E-state index contributed by atoms with van der Waals surface area (Å²) in [7, 11) is -9.84. The van der Waals surface area contributed by atoms with Crippen LogP contribution in [0.2, 0.25) is 0 Å². The summed E-state index contributed by atoms with van der Waals surface area (Å²) in [5.74, 6) is -1.70. The first kappa shape index (κ1) is 95.1. The third-order valence-corrected chi connectivity index (χ3v) is 16.4. The van der Waals surface area contributed by atoms with Crippen molar-refractivity contribution in [2.24, 2.45) is 0 Å². The van der Waals surface area contributed by atoms with Crippen LogP contribution in [0.4, 0.5) is 0 Å². The first-order valence-corrected chi connectivity index (χ1v) is 40.4. The van der Waals surface area contributed by atoms with Crippen LogP contribution < -0.4 is 0 Å². The number of unbranched alkanes of at least 4 members (excludes halogenated alkanes) is 11. The number of hydrogen-bond acceptors (Lipinski definition) is 14. The minimum atomic E-state index is -4.96. The number of aliphatic hydroxyl groups is 2. The van der Waals surface area contributed by atoms with E-state index in [1.807, 2.05) is 0 Å². The Morgan fingerprint density at radius 2 is 0.495 bits per heavy atom. The normalized spacial score (nSPS) is 15.2. The van der Waals surface area contributed by atoms with E-state index in [4.69, 9.17) is 32.3 Å². The molecule has 16 nitrogen and oxygen atoms in total. The van der Waals surface area contributed by atoms with Gasteiger partial charge in [0.1, 0.15) is 25.4 Å². The predicted molar refractivity (Wildman–Crippen MR) is 417 cm³/mol. The summed E-state index contributed by atoms with van der Waals surface area (Å²) in [5, 5.41) is 20.6. The number of hydrogen-bond donors (Lipinski definition) is 4. The van der Waals surface area contributed by atoms with Crippen LogP contribution in [0.5, 0.6) is 0 Å². The van der Waals surface area contributed by atoms with Crippen molar-refractivity contribution >= 4 is 33.6 Å². The summed E-state index contributed by atoms with van der Waals surface area (Å²) in [6, 6.07) is 0. The molecule has 0 aliphatic heterocycles. The topological polar surface area (TPSA) is 231 Å². The highest BCUT2D eigenvalue weighted by Crippen LogP contribution is 2.45. The van der Waals surface area contributed by atoms with E-state index in [0.29, 0.717) is 19.3 Å². The van der Waals surface area contributed by atoms with Crippen LogP contribution >= 0.6 is 15.6 Å². The maximum absolute atomic E-state index is 13.0. The fraction of sp³-hybridized carbons (Fsp3) is 0.554. The minimum Gasteiger partial charge on any atom is -0.463 e. The molecule has 568 valence electrons. The summed E-state index contributed by atoms with van der Waals surface area (Å²) in [4.78, 5) is 58.6. The number of allylic oxidation sites excluding steroid dienone is 34. The number of rotatable bonds is 68. The first-order chi connectivity index (χ1) is 49.2. The Labute approximate surface area is 609 Å². The average Bonchev–Trinajstić information content (AvgIpc) is 0.990. The van der Waals surface area contributed by atoms with E-state index in [1.165, 1.54) is 0 Å². The molecule has 0 heterocycles. The van der Waals surface area contributed by atoms with Crippen molar-refractivity contribution in [2.75, 3.05) is 39.6 Å². The third kappa shape index (κ3) is 75.1. The Kier molecular flexibility index (Phi) is 69.6. The van der Waals surface area contributed by atoms with Gasteiger partial charge in [-0.2, -0.15) is 0 Å². The lowest BCUT2D eigenvalue weighted by Gasteiger charge is -2.21. The largest absolute Gasteiger partial charge is 0.472 e. The second-order valence-corrected chi connectivity index (χ2v) is 26.9. The van der Waals surface area contributed by atoms with Crippen molar-refractivity contribution in [2.45, 2.75) is 257 Å². The lowest BCUT2D eigenvalue weighted by atomic mass is 10.1. The zero-order chi connectivity index (χ0) is 73.7. The number of carbonyl (C=O) groups is 3. The van der Waals surface area contributed by atoms with Gasteiger partial charge in [0.05, 0.1) is 26.4 Å². The van der Waals surface area contributed by atoms with Crippen LogP contribution in [0.25, 0.3) is 0 Å². The average molecular weight is 1450 g/mol. The zero-order valence-electron chi connectivity index (χ0n) is 61.7. The molecular weight excluding hydrogens is 1310 g/mol. The minimum absolute atomic E-state index is 0.0455. The van der Waals surface area contributed by atoms with Gasteiger partial charge in [-0.1, -0.05) is 259 Å². The Morgan fingerprint density at radius 3 is 0.812 bits per heavy atom. The number of carbonyl (C=O) groups excluding carboxylic acids is 3. The first-order valence-electron chi connectivity index (χ1n) is 37.4. The third-order valence-electron chi connectivity index (χ3n) is 14.5. The van der Waals surface area contributed by atoms with Gasteiger partial charge in [0, 0.05) is 19.3 Å². The van der Waals surface area contributed by atoms with E-state index in [-0.39, 0.29) is 19.3 Å². The molecule has 0 radical (unpaired) electrons. The molecule has 5 atom stereocenters. The molecule has 0 aromatic heterocycles. The number of phosphoric ester groups is 2. The summed E-state index contributed by atoms with van der Waals surface area (Å²) in [6.45, 7) is 2.18. The molecule has 0 rings (SSSR count). The van der Waals surface area contributed by atoms with E-state index in [1.54, 1.807) is 0 Å². The van der Waals surface area contributed by atoms with Crippen molar-refractivity contribution in [3.8, 4) is 0 Å². The zero-order valence-corrected chi connectivity index (χ0v) is 63.5. The van der Waals surface area contributed by atoms with Gasteiger partial charge in [0.25, 0.3) is 0 Å². The van der Waals surface area contributed by atoms with Crippen LogP contribution in [0.15, 0.2) is 207 Å². The molecule has 101 heavy (non-hydrogen) atoms. The fourth-order valence-electron chi connectivity index (χ4n) is 8.90. The molecule has 0 aromatic carbocycles. The Bertz CT molecular complexity index is 2660. The van der Waals surface area contributed by atoms with Crippen molar-refractivity contribution in [1.29, 1.82) is 0 Å². The molecule has 5 unspecified atom stereocenters. The van der Waals surface area contributed by atoms with Crippen molar-refractivity contribution in [3.05, 3.63) is 207 Å². The predicted octanol–water partition coefficient (Wildman–Crippen LogP) is 21.8. The molecule has 0 saturated carbocycles. The number of aliphatic hydroxyl groups excluding tert-OH is 2. The lowest BCUT2D eigenvalue weighted by molar-refractivity contribution is -0.161. The Hall–Kier alpha value is -5.87. The lowest BCUT2D eigenvalue weighted by Crippen LogP contribution is -2.30. The molecule has 0 fully saturated rings. The molecule has 0 aliphatic rings. The van der Waals surface area contributed by atoms with Gasteiger partial charge in [-0.3, -0.25) is 32.5 Å². The smallest absolute Gasteiger partial charge is 0.463 e. The van der Waals surface area contributed by atoms with Crippen LogP contribution in [0.1, 0.15) is 239 Å². The Morgan fingerprint density at radius 1 is 0.277 bits per heavy atom. The monoisotopic (exact) mass is 1440 g/mol. The highest BCUT2D eigenvalue weighted by molar-refractivity contribution is 7.47. The molecule has 0 aliphatic carbocycles. The molecule has 0 spiro atoms. The van der Waals surface area contributed by atoms with Gasteiger partial charge in [0.2, 0.25) is 0 Å². The standard InChI is InChI=1S/C83H130O16P2/c1-4-7-10-13-16-19-22-25-28-31-34-36-37-38-39-41-44-45-48-51-54-57-60-63-66-69-81(86)93-72-78(84)73-95-100(89,90)96-74-79(85)75-97-101(91,92)98-77-80(99-83(88)71-68-65-62-59-56-53-50-47-42-33-30-27-24-21-18-15-12-9-6-3)76-94-82(87)70-67-64-61-58-55-52-49-46-43-40-35-32-29-26-23-20-17-14-11-8-5-2/h7-12,16-21,25-30,34-36,38-40,42,44-47,49,53,55-56,58,78-80,84-85H,4-6,13-15,22-24,31-33,37,41,43,48,50-52,54,57,59-77H2,1-3H3,(H,89,90)(H,91,92)/b10-7-,11-8-,12-9-,19-16-,20-17-,21-18-,28-25-,29-26-,30-27-,36-34-,39-38-,40-35-,45-44-,47-42-,49-46-,56-53-,58-55-. The van der Waals surface area contributed by atoms with Crippen molar-refractivity contribution in [1.82, 2.24) is 0 Å². The molecular formula is C83H130O16P2. The van der Waals surface area contributed by atoms with E-state index >= 15 is 0 Å². The molecule has 0 amide bonds. The number of ether oxygens (including phenoxy) is 3. The quantitative estimate of drug-likeness (QED) is 0.0146. The summed E-state index contributed by atoms with van der Waals surface area (Å²) in [6.07, 6.45) is 97.3. The highest BCUT2D eigenvalue weighted by Gasteiger charge is 2.29. The highest BCUT2D eigenvalue weighted by atomic mass is 31.2. The summed E-state index contributed by atoms with van der Waals surface area (Å²) < 4.78 is 61.0. The van der Waals surface area contributed by atoms with Crippen LogP contribution in [0.3, 0.4) is 0 Å². The fourth-order valence-corrected chi connectivity index (χ4v) is 10.5. The Balaban J connectivity index is 4.79. The van der Waals surface area contributed by atoms with E-state index in [9.17, 15) is 43.5 Å². The number of phosphoric acid groups is 2. The van der Waals surface area contributed by atoms with Gasteiger partial charge in [-0.05, 0) is 167 Å². The van der Waals surface area contributed by atoms with Crippen molar-refractivity contribution in [3.63, 3.8) is 0 Å². The van der Waals surface area contributed by atoms with E-state index < -0.39 is 91.5 Å². The SMILES string of the molecule is CC/C=C\C/C=C\C/C=C\C/C=C\C/C=C\C/C=C\CCCCCCCCC(=O)OCC(O)COP(=O)(O)OCC(O)COP(=O)(O)OCC(COC(=O)CCCC/C=C\C/C=C\C/C=C\C/C=C\C/C=C\C/C=C\CC)OC(=O)CCCCC/C=C\C/C=C\C/C=C\C/C=C\C/C=C\CC. The van der Waals surface area contributed by atoms with Crippen molar-refractivity contribution < 1.29 is 75.8 Å². The van der Waals surface area contributed by atoms with Gasteiger partial charge < -0.3 is 34.2 Å². The molecule has 0 aromatic rings. The summed E-state index contributed by atoms with van der Waals surface area (Å²) >= 11 is 0. The second-order valence-electron chi connectivity index (χ2n) is 23.9. The van der Waals surface area contributed by atoms with E-state index in [2.05, 4.69) is 227 Å². The van der Waals surface area contributed by atoms with Gasteiger partial charge in [-0.25, -0.2) is 9.13 Å². The van der Waals surface area contributed by atoms with Crippen LogP contribution in [0, 0.1) is 0 Å². The maximum Gasteiger partial charge on any atom is 0.472 e. The molecule has 18 heteroatoms. The molecule has 0 saturated heterocycles. The second kappa shape index (κ2) is 73.9. The van der Waals surface area contributed by atoms with Gasteiger partial charge in [0.15, 0.2) is 6.10 Å². The van der Waals surface area contributed by atoms with Gasteiger partial charge in [-0.15, -0.1) is 0 Å². The van der Waals surface area contributed by atoms with Crippen LogP contribution in [-0.2, 0) is 55.8 Å². The summed E-state index contributed by atoms with van der Waals surface area (Å²) in [5.41, 5.74) is 0. The maximum atomic E-state index is 13.0. The molecule has 0 bridgehead atoms. The van der Waals surface area contributed by atoms with E-state index in [0.717, 1.165) is 180 Å². The number of esters is 3. The molecule has 4 N–H and O–H groups in total. The van der Waals surface area contributed by atoms with Gasteiger partial charge >= 0.3 is 33.6 Å². The van der Waals surface area contributed by atoms with Crippen LogP contribution in [-0.4, -0.2) is 95.9 Å².